The van der Waals surface area contributed by atoms with Crippen molar-refractivity contribution < 1.29 is 14.7 Å². The van der Waals surface area contributed by atoms with Gasteiger partial charge in [-0.3, -0.25) is 9.59 Å². The van der Waals surface area contributed by atoms with Gasteiger partial charge in [-0.2, -0.15) is 0 Å². The lowest BCUT2D eigenvalue weighted by Crippen LogP contribution is -2.36. The average molecular weight is 230 g/mol. The second-order valence-electron chi connectivity index (χ2n) is 4.03. The summed E-state index contributed by atoms with van der Waals surface area (Å²) in [5.41, 5.74) is 0. The van der Waals surface area contributed by atoms with Crippen molar-refractivity contribution in [3.05, 3.63) is 0 Å². The number of nitrogens with one attached hydrogen (secondary N) is 2. The lowest BCUT2D eigenvalue weighted by atomic mass is 10.1. The molecule has 0 radical (unpaired) electrons. The number of carbonyl (C=O) groups is 2. The minimum absolute atomic E-state index is 0.0291. The summed E-state index contributed by atoms with van der Waals surface area (Å²) in [5, 5.41) is 14.5. The summed E-state index contributed by atoms with van der Waals surface area (Å²) in [5.74, 6) is -1.35. The summed E-state index contributed by atoms with van der Waals surface area (Å²) < 4.78 is 0. The summed E-state index contributed by atoms with van der Waals surface area (Å²) in [7, 11) is 0. The second-order valence-corrected chi connectivity index (χ2v) is 4.03. The van der Waals surface area contributed by atoms with E-state index in [0.717, 1.165) is 6.54 Å². The summed E-state index contributed by atoms with van der Waals surface area (Å²) >= 11 is 0. The molecule has 0 saturated carbocycles. The van der Waals surface area contributed by atoms with Crippen molar-refractivity contribution in [2.24, 2.45) is 11.8 Å². The Morgan fingerprint density at radius 2 is 1.88 bits per heavy atom. The number of carboxylic acid groups (broad SMARTS) is 1. The molecule has 0 saturated heterocycles. The standard InChI is InChI=1S/C11H22N2O3/c1-4-12-7-9(3)10(14)13-6-5-8(2)11(15)16/h8-9,12H,4-7H2,1-3H3,(H,13,14)(H,15,16). The number of carboxylic acids is 1. The van der Waals surface area contributed by atoms with E-state index in [2.05, 4.69) is 10.6 Å². The zero-order valence-corrected chi connectivity index (χ0v) is 10.2. The Labute approximate surface area is 96.6 Å². The van der Waals surface area contributed by atoms with E-state index in [4.69, 9.17) is 5.11 Å². The van der Waals surface area contributed by atoms with Crippen molar-refractivity contribution in [2.75, 3.05) is 19.6 Å². The monoisotopic (exact) mass is 230 g/mol. The molecular formula is C11H22N2O3. The highest BCUT2D eigenvalue weighted by atomic mass is 16.4. The van der Waals surface area contributed by atoms with Gasteiger partial charge in [-0.05, 0) is 13.0 Å². The lowest BCUT2D eigenvalue weighted by molar-refractivity contribution is -0.141. The third-order valence-corrected chi connectivity index (χ3v) is 2.45. The highest BCUT2D eigenvalue weighted by molar-refractivity contribution is 5.78. The SMILES string of the molecule is CCNCC(C)C(=O)NCCC(C)C(=O)O. The molecule has 3 N–H and O–H groups in total. The largest absolute Gasteiger partial charge is 0.481 e. The van der Waals surface area contributed by atoms with E-state index < -0.39 is 11.9 Å². The van der Waals surface area contributed by atoms with Gasteiger partial charge in [-0.1, -0.05) is 20.8 Å². The summed E-state index contributed by atoms with van der Waals surface area (Å²) in [6.07, 6.45) is 0.467. The maximum absolute atomic E-state index is 11.5. The number of hydrogen-bond acceptors (Lipinski definition) is 3. The molecule has 16 heavy (non-hydrogen) atoms. The van der Waals surface area contributed by atoms with Crippen LogP contribution in [0.15, 0.2) is 0 Å². The molecule has 0 aromatic rings. The van der Waals surface area contributed by atoms with Gasteiger partial charge < -0.3 is 15.7 Å². The Morgan fingerprint density at radius 3 is 2.38 bits per heavy atom. The fourth-order valence-electron chi connectivity index (χ4n) is 1.16. The number of rotatable bonds is 8. The Balaban J connectivity index is 3.68. The first kappa shape index (κ1) is 14.9. The molecule has 0 aliphatic rings. The van der Waals surface area contributed by atoms with E-state index >= 15 is 0 Å². The molecule has 0 spiro atoms. The molecule has 0 heterocycles. The van der Waals surface area contributed by atoms with E-state index in [1.165, 1.54) is 0 Å². The molecule has 0 aliphatic heterocycles. The zero-order chi connectivity index (χ0) is 12.6. The van der Waals surface area contributed by atoms with Gasteiger partial charge in [0.05, 0.1) is 5.92 Å². The Morgan fingerprint density at radius 1 is 1.25 bits per heavy atom. The van der Waals surface area contributed by atoms with E-state index in [-0.39, 0.29) is 11.8 Å². The van der Waals surface area contributed by atoms with Crippen LogP contribution < -0.4 is 10.6 Å². The van der Waals surface area contributed by atoms with Crippen LogP contribution in [0, 0.1) is 11.8 Å². The average Bonchev–Trinajstić information content (AvgIpc) is 2.25. The van der Waals surface area contributed by atoms with Crippen molar-refractivity contribution in [3.8, 4) is 0 Å². The predicted octanol–water partition coefficient (Wildman–Crippen LogP) is 0.459. The van der Waals surface area contributed by atoms with Crippen molar-refractivity contribution in [1.29, 1.82) is 0 Å². The van der Waals surface area contributed by atoms with Gasteiger partial charge in [0.1, 0.15) is 0 Å². The van der Waals surface area contributed by atoms with Crippen molar-refractivity contribution in [2.45, 2.75) is 27.2 Å². The quantitative estimate of drug-likeness (QED) is 0.566. The van der Waals surface area contributed by atoms with Gasteiger partial charge in [-0.25, -0.2) is 0 Å². The van der Waals surface area contributed by atoms with Gasteiger partial charge in [0.15, 0.2) is 0 Å². The highest BCUT2D eigenvalue weighted by Crippen LogP contribution is 2.00. The van der Waals surface area contributed by atoms with Crippen LogP contribution in [0.25, 0.3) is 0 Å². The fraction of sp³-hybridized carbons (Fsp3) is 0.818. The maximum Gasteiger partial charge on any atom is 0.306 e. The van der Waals surface area contributed by atoms with Crippen molar-refractivity contribution >= 4 is 11.9 Å². The Kier molecular flexibility index (Phi) is 7.54. The summed E-state index contributed by atoms with van der Waals surface area (Å²) in [4.78, 5) is 22.0. The van der Waals surface area contributed by atoms with Gasteiger partial charge in [0, 0.05) is 19.0 Å². The van der Waals surface area contributed by atoms with Crippen LogP contribution in [0.1, 0.15) is 27.2 Å². The van der Waals surface area contributed by atoms with Gasteiger partial charge in [0.2, 0.25) is 5.91 Å². The normalized spacial score (nSPS) is 14.2. The minimum Gasteiger partial charge on any atom is -0.481 e. The Bertz CT molecular complexity index is 231. The lowest BCUT2D eigenvalue weighted by Gasteiger charge is -2.13. The molecule has 2 atom stereocenters. The predicted molar refractivity (Wildman–Crippen MR) is 62.1 cm³/mol. The van der Waals surface area contributed by atoms with Crippen LogP contribution in [0.4, 0.5) is 0 Å². The summed E-state index contributed by atoms with van der Waals surface area (Å²) in [6.45, 7) is 7.38. The third kappa shape index (κ3) is 6.40. The van der Waals surface area contributed by atoms with Crippen LogP contribution in [0.2, 0.25) is 0 Å². The first-order chi connectivity index (χ1) is 7.49. The number of carbonyl (C=O) groups excluding carboxylic acids is 1. The minimum atomic E-state index is -0.824. The van der Waals surface area contributed by atoms with Gasteiger partial charge >= 0.3 is 5.97 Å². The molecular weight excluding hydrogens is 208 g/mol. The van der Waals surface area contributed by atoms with E-state index in [1.54, 1.807) is 6.92 Å². The van der Waals surface area contributed by atoms with Crippen LogP contribution in [-0.2, 0) is 9.59 Å². The topological polar surface area (TPSA) is 78.4 Å². The highest BCUT2D eigenvalue weighted by Gasteiger charge is 2.14. The van der Waals surface area contributed by atoms with Crippen LogP contribution >= 0.6 is 0 Å². The second kappa shape index (κ2) is 8.10. The Hall–Kier alpha value is -1.10. The molecule has 0 rings (SSSR count). The van der Waals surface area contributed by atoms with Crippen LogP contribution in [0.5, 0.6) is 0 Å². The van der Waals surface area contributed by atoms with Crippen molar-refractivity contribution in [1.82, 2.24) is 10.6 Å². The number of aliphatic carboxylic acids is 1. The molecule has 0 aliphatic carbocycles. The molecule has 1 amide bonds. The van der Waals surface area contributed by atoms with Crippen molar-refractivity contribution in [3.63, 3.8) is 0 Å². The molecule has 5 nitrogen and oxygen atoms in total. The first-order valence-electron chi connectivity index (χ1n) is 5.70. The van der Waals surface area contributed by atoms with Gasteiger partial charge in [0.25, 0.3) is 0 Å². The fourth-order valence-corrected chi connectivity index (χ4v) is 1.16. The van der Waals surface area contributed by atoms with E-state index in [9.17, 15) is 9.59 Å². The molecule has 94 valence electrons. The summed E-state index contributed by atoms with van der Waals surface area (Å²) in [6, 6.07) is 0. The molecule has 0 aromatic heterocycles. The number of amides is 1. The first-order valence-corrected chi connectivity index (χ1v) is 5.70. The van der Waals surface area contributed by atoms with Gasteiger partial charge in [-0.15, -0.1) is 0 Å². The third-order valence-electron chi connectivity index (χ3n) is 2.45. The van der Waals surface area contributed by atoms with Crippen LogP contribution in [0.3, 0.4) is 0 Å². The van der Waals surface area contributed by atoms with Crippen LogP contribution in [-0.4, -0.2) is 36.6 Å². The molecule has 0 fully saturated rings. The smallest absolute Gasteiger partial charge is 0.306 e. The zero-order valence-electron chi connectivity index (χ0n) is 10.2. The molecule has 0 bridgehead atoms. The molecule has 0 aromatic carbocycles. The van der Waals surface area contributed by atoms with E-state index in [0.29, 0.717) is 19.5 Å². The molecule has 5 heteroatoms. The van der Waals surface area contributed by atoms with E-state index in [1.807, 2.05) is 13.8 Å². The maximum atomic E-state index is 11.5. The molecule has 2 unspecified atom stereocenters. The number of hydrogen-bond donors (Lipinski definition) is 3.